The molecule has 0 saturated heterocycles. The molecule has 0 aliphatic rings. The Morgan fingerprint density at radius 3 is 2.81 bits per heavy atom. The molecule has 0 aliphatic heterocycles. The summed E-state index contributed by atoms with van der Waals surface area (Å²) in [5.74, 6) is 0.687. The predicted octanol–water partition coefficient (Wildman–Crippen LogP) is 3.22. The number of hydrogen-bond acceptors (Lipinski definition) is 4. The topological polar surface area (TPSA) is 88.5 Å². The zero-order chi connectivity index (χ0) is 17.9. The van der Waals surface area contributed by atoms with Crippen LogP contribution in [0.5, 0.6) is 0 Å². The molecule has 0 unspecified atom stereocenters. The lowest BCUT2D eigenvalue weighted by atomic mass is 10.1. The number of pyridine rings is 1. The third-order valence-corrected chi connectivity index (χ3v) is 3.96. The lowest BCUT2D eigenvalue weighted by molar-refractivity contribution is 0.102. The van der Waals surface area contributed by atoms with Crippen molar-refractivity contribution >= 4 is 11.7 Å². The Bertz CT molecular complexity index is 1050. The third kappa shape index (κ3) is 3.10. The maximum absolute atomic E-state index is 12.5. The first-order valence-corrected chi connectivity index (χ1v) is 8.10. The Kier molecular flexibility index (Phi) is 4.03. The summed E-state index contributed by atoms with van der Waals surface area (Å²) in [6.07, 6.45) is 3.43. The minimum atomic E-state index is -0.332. The molecule has 0 bridgehead atoms. The molecule has 128 valence electrons. The van der Waals surface area contributed by atoms with Gasteiger partial charge in [-0.3, -0.25) is 9.89 Å². The molecule has 1 amide bonds. The van der Waals surface area contributed by atoms with Gasteiger partial charge in [0, 0.05) is 24.0 Å². The average molecular weight is 344 g/mol. The molecule has 26 heavy (non-hydrogen) atoms. The standard InChI is InChI=1S/C19H16N6O/c1-13-6-2-3-7-14(13)16-12-17(24-23-16)22-19(26)15-8-4-9-18(21-15)25-11-5-10-20-25/h2-12H,1H3,(H2,22,23,24,26). The first-order chi connectivity index (χ1) is 12.7. The molecule has 0 radical (unpaired) electrons. The summed E-state index contributed by atoms with van der Waals surface area (Å²) in [6.45, 7) is 2.03. The molecule has 4 rings (SSSR count). The van der Waals surface area contributed by atoms with Crippen molar-refractivity contribution in [1.82, 2.24) is 25.0 Å². The normalized spacial score (nSPS) is 10.7. The van der Waals surface area contributed by atoms with E-state index in [4.69, 9.17) is 0 Å². The Hall–Kier alpha value is -3.74. The number of hydrogen-bond donors (Lipinski definition) is 2. The Morgan fingerprint density at radius 1 is 1.12 bits per heavy atom. The SMILES string of the molecule is Cc1ccccc1-c1cc(NC(=O)c2cccc(-n3cccn3)n2)n[nH]1. The van der Waals surface area contributed by atoms with Gasteiger partial charge in [-0.15, -0.1) is 0 Å². The highest BCUT2D eigenvalue weighted by Crippen LogP contribution is 2.23. The van der Waals surface area contributed by atoms with E-state index in [0.717, 1.165) is 16.8 Å². The number of aromatic nitrogens is 5. The second-order valence-corrected chi connectivity index (χ2v) is 5.77. The number of amides is 1. The van der Waals surface area contributed by atoms with Crippen LogP contribution in [0.15, 0.2) is 67.0 Å². The van der Waals surface area contributed by atoms with Crippen LogP contribution < -0.4 is 5.32 Å². The zero-order valence-corrected chi connectivity index (χ0v) is 14.0. The lowest BCUT2D eigenvalue weighted by Crippen LogP contribution is -2.15. The Morgan fingerprint density at radius 2 is 2.00 bits per heavy atom. The molecular formula is C19H16N6O. The first-order valence-electron chi connectivity index (χ1n) is 8.10. The fourth-order valence-electron chi connectivity index (χ4n) is 2.66. The van der Waals surface area contributed by atoms with Crippen LogP contribution in [-0.2, 0) is 0 Å². The third-order valence-electron chi connectivity index (χ3n) is 3.96. The van der Waals surface area contributed by atoms with Crippen LogP contribution in [0.3, 0.4) is 0 Å². The van der Waals surface area contributed by atoms with Crippen LogP contribution in [0.25, 0.3) is 17.1 Å². The molecule has 0 spiro atoms. The highest BCUT2D eigenvalue weighted by atomic mass is 16.2. The van der Waals surface area contributed by atoms with E-state index in [-0.39, 0.29) is 5.91 Å². The number of benzene rings is 1. The summed E-state index contributed by atoms with van der Waals surface area (Å²) in [6, 6.07) is 16.8. The average Bonchev–Trinajstić information content (AvgIpc) is 3.34. The summed E-state index contributed by atoms with van der Waals surface area (Å²) in [5.41, 5.74) is 3.30. The van der Waals surface area contributed by atoms with Gasteiger partial charge in [-0.05, 0) is 30.7 Å². The number of H-pyrrole nitrogens is 1. The van der Waals surface area contributed by atoms with E-state index in [0.29, 0.717) is 17.3 Å². The number of anilines is 1. The number of nitrogens with one attached hydrogen (secondary N) is 2. The van der Waals surface area contributed by atoms with E-state index >= 15 is 0 Å². The van der Waals surface area contributed by atoms with Crippen LogP contribution in [-0.4, -0.2) is 30.9 Å². The van der Waals surface area contributed by atoms with Crippen molar-refractivity contribution in [3.63, 3.8) is 0 Å². The summed E-state index contributed by atoms with van der Waals surface area (Å²) in [4.78, 5) is 16.8. The van der Waals surface area contributed by atoms with Gasteiger partial charge in [-0.2, -0.15) is 10.2 Å². The van der Waals surface area contributed by atoms with Crippen molar-refractivity contribution in [2.24, 2.45) is 0 Å². The quantitative estimate of drug-likeness (QED) is 0.595. The van der Waals surface area contributed by atoms with Crippen LogP contribution >= 0.6 is 0 Å². The fourth-order valence-corrected chi connectivity index (χ4v) is 2.66. The van der Waals surface area contributed by atoms with E-state index in [1.807, 2.05) is 31.2 Å². The Balaban J connectivity index is 1.54. The highest BCUT2D eigenvalue weighted by Gasteiger charge is 2.12. The molecule has 3 heterocycles. The molecule has 0 atom stereocenters. The molecular weight excluding hydrogens is 328 g/mol. The fraction of sp³-hybridized carbons (Fsp3) is 0.0526. The number of carbonyl (C=O) groups is 1. The van der Waals surface area contributed by atoms with Gasteiger partial charge in [0.15, 0.2) is 11.6 Å². The largest absolute Gasteiger partial charge is 0.304 e. The molecule has 2 N–H and O–H groups in total. The number of rotatable bonds is 4. The molecule has 4 aromatic rings. The summed E-state index contributed by atoms with van der Waals surface area (Å²) < 4.78 is 1.60. The summed E-state index contributed by atoms with van der Waals surface area (Å²) in [5, 5.41) is 14.0. The molecule has 7 nitrogen and oxygen atoms in total. The van der Waals surface area contributed by atoms with E-state index in [9.17, 15) is 4.79 Å². The van der Waals surface area contributed by atoms with E-state index in [1.165, 1.54) is 0 Å². The lowest BCUT2D eigenvalue weighted by Gasteiger charge is -2.04. The van der Waals surface area contributed by atoms with Gasteiger partial charge >= 0.3 is 0 Å². The smallest absolute Gasteiger partial charge is 0.275 e. The van der Waals surface area contributed by atoms with Crippen molar-refractivity contribution in [2.75, 3.05) is 5.32 Å². The van der Waals surface area contributed by atoms with Crippen LogP contribution in [0.4, 0.5) is 5.82 Å². The number of nitrogens with zero attached hydrogens (tertiary/aromatic N) is 4. The van der Waals surface area contributed by atoms with Gasteiger partial charge in [0.25, 0.3) is 5.91 Å². The highest BCUT2D eigenvalue weighted by molar-refractivity contribution is 6.02. The van der Waals surface area contributed by atoms with Crippen molar-refractivity contribution in [3.05, 3.63) is 78.2 Å². The van der Waals surface area contributed by atoms with Crippen molar-refractivity contribution in [3.8, 4) is 17.1 Å². The van der Waals surface area contributed by atoms with Gasteiger partial charge < -0.3 is 5.32 Å². The van der Waals surface area contributed by atoms with Crippen molar-refractivity contribution < 1.29 is 4.79 Å². The predicted molar refractivity (Wildman–Crippen MR) is 98.1 cm³/mol. The van der Waals surface area contributed by atoms with Gasteiger partial charge in [0.05, 0.1) is 5.69 Å². The van der Waals surface area contributed by atoms with Gasteiger partial charge in [0.1, 0.15) is 5.69 Å². The van der Waals surface area contributed by atoms with Crippen LogP contribution in [0.1, 0.15) is 16.1 Å². The van der Waals surface area contributed by atoms with Gasteiger partial charge in [0.2, 0.25) is 0 Å². The molecule has 7 heteroatoms. The second kappa shape index (κ2) is 6.64. The maximum Gasteiger partial charge on any atom is 0.275 e. The molecule has 0 fully saturated rings. The molecule has 3 aromatic heterocycles. The van der Waals surface area contributed by atoms with E-state index < -0.39 is 0 Å². The van der Waals surface area contributed by atoms with Crippen LogP contribution in [0.2, 0.25) is 0 Å². The summed E-state index contributed by atoms with van der Waals surface area (Å²) in [7, 11) is 0. The molecule has 1 aromatic carbocycles. The molecule has 0 saturated carbocycles. The minimum Gasteiger partial charge on any atom is -0.304 e. The first kappa shape index (κ1) is 15.8. The number of carbonyl (C=O) groups excluding carboxylic acids is 1. The van der Waals surface area contributed by atoms with Gasteiger partial charge in [-0.1, -0.05) is 30.3 Å². The van der Waals surface area contributed by atoms with E-state index in [2.05, 4.69) is 25.6 Å². The molecule has 0 aliphatic carbocycles. The van der Waals surface area contributed by atoms with Crippen molar-refractivity contribution in [2.45, 2.75) is 6.92 Å². The zero-order valence-electron chi connectivity index (χ0n) is 14.0. The second-order valence-electron chi connectivity index (χ2n) is 5.77. The number of aromatic amines is 1. The Labute approximate surface area is 149 Å². The van der Waals surface area contributed by atoms with Crippen molar-refractivity contribution in [1.29, 1.82) is 0 Å². The minimum absolute atomic E-state index is 0.290. The van der Waals surface area contributed by atoms with Gasteiger partial charge in [-0.25, -0.2) is 9.67 Å². The summed E-state index contributed by atoms with van der Waals surface area (Å²) >= 11 is 0. The number of aryl methyl sites for hydroxylation is 1. The van der Waals surface area contributed by atoms with Crippen LogP contribution in [0, 0.1) is 6.92 Å². The van der Waals surface area contributed by atoms with E-state index in [1.54, 1.807) is 47.4 Å². The monoisotopic (exact) mass is 344 g/mol. The maximum atomic E-state index is 12.5.